The molecular weight excluding hydrogens is 299 g/mol. The molecule has 1 fully saturated rings. The molecule has 23 heavy (non-hydrogen) atoms. The number of ether oxygens (including phenoxy) is 1. The fourth-order valence-corrected chi connectivity index (χ4v) is 2.84. The molecule has 6 heteroatoms. The molecular formula is C17H21FN2O3. The van der Waals surface area contributed by atoms with E-state index >= 15 is 0 Å². The van der Waals surface area contributed by atoms with Crippen molar-refractivity contribution in [2.45, 2.75) is 57.6 Å². The highest BCUT2D eigenvalue weighted by Gasteiger charge is 2.36. The number of anilines is 1. The highest BCUT2D eigenvalue weighted by atomic mass is 19.1. The van der Waals surface area contributed by atoms with Crippen molar-refractivity contribution in [2.24, 2.45) is 4.99 Å². The number of carbonyl (C=O) groups excluding carboxylic acids is 2. The topological polar surface area (TPSA) is 67.8 Å². The van der Waals surface area contributed by atoms with Crippen molar-refractivity contribution in [3.63, 3.8) is 0 Å². The minimum Gasteiger partial charge on any atom is -0.444 e. The molecule has 0 aliphatic heterocycles. The van der Waals surface area contributed by atoms with E-state index in [0.717, 1.165) is 12.8 Å². The van der Waals surface area contributed by atoms with E-state index < -0.39 is 23.1 Å². The van der Waals surface area contributed by atoms with Crippen LogP contribution in [0, 0.1) is 5.82 Å². The van der Waals surface area contributed by atoms with E-state index in [1.165, 1.54) is 12.1 Å². The first-order valence-electron chi connectivity index (χ1n) is 7.65. The largest absolute Gasteiger partial charge is 0.444 e. The third kappa shape index (κ3) is 4.17. The van der Waals surface area contributed by atoms with Gasteiger partial charge in [0.15, 0.2) is 0 Å². The summed E-state index contributed by atoms with van der Waals surface area (Å²) in [4.78, 5) is 26.6. The molecule has 0 spiro atoms. The Bertz CT molecular complexity index is 640. The lowest BCUT2D eigenvalue weighted by Crippen LogP contribution is -2.27. The van der Waals surface area contributed by atoms with Crippen molar-refractivity contribution in [2.75, 3.05) is 5.32 Å². The Kier molecular flexibility index (Phi) is 4.85. The number of isocyanates is 1. The first-order valence-corrected chi connectivity index (χ1v) is 7.65. The zero-order valence-corrected chi connectivity index (χ0v) is 13.6. The van der Waals surface area contributed by atoms with Crippen LogP contribution in [0.2, 0.25) is 0 Å². The van der Waals surface area contributed by atoms with Gasteiger partial charge in [0.25, 0.3) is 0 Å². The molecule has 124 valence electrons. The maximum Gasteiger partial charge on any atom is 0.412 e. The Morgan fingerprint density at radius 1 is 1.35 bits per heavy atom. The van der Waals surface area contributed by atoms with Gasteiger partial charge in [-0.05, 0) is 51.3 Å². The number of aliphatic imine (C=N–C) groups is 1. The van der Waals surface area contributed by atoms with Crippen LogP contribution in [-0.4, -0.2) is 17.8 Å². The van der Waals surface area contributed by atoms with Crippen LogP contribution in [0.5, 0.6) is 0 Å². The number of halogens is 1. The van der Waals surface area contributed by atoms with Crippen molar-refractivity contribution >= 4 is 17.9 Å². The zero-order valence-electron chi connectivity index (χ0n) is 13.6. The summed E-state index contributed by atoms with van der Waals surface area (Å²) in [5.41, 5.74) is -0.623. The summed E-state index contributed by atoms with van der Waals surface area (Å²) in [6.07, 6.45) is 4.20. The number of nitrogens with one attached hydrogen (secondary N) is 1. The van der Waals surface area contributed by atoms with Crippen molar-refractivity contribution < 1.29 is 18.7 Å². The number of hydrogen-bond donors (Lipinski definition) is 1. The fraction of sp³-hybridized carbons (Fsp3) is 0.529. The highest BCUT2D eigenvalue weighted by molar-refractivity contribution is 5.85. The molecule has 1 aliphatic rings. The van der Waals surface area contributed by atoms with Gasteiger partial charge in [0.2, 0.25) is 6.08 Å². The minimum atomic E-state index is -0.729. The quantitative estimate of drug-likeness (QED) is 0.667. The van der Waals surface area contributed by atoms with Gasteiger partial charge < -0.3 is 4.74 Å². The van der Waals surface area contributed by atoms with E-state index in [2.05, 4.69) is 10.3 Å². The van der Waals surface area contributed by atoms with Crippen LogP contribution in [0.1, 0.15) is 52.0 Å². The molecule has 0 heterocycles. The van der Waals surface area contributed by atoms with Gasteiger partial charge in [0, 0.05) is 0 Å². The predicted molar refractivity (Wildman–Crippen MR) is 84.5 cm³/mol. The first-order chi connectivity index (χ1) is 10.8. The Morgan fingerprint density at radius 3 is 2.57 bits per heavy atom. The van der Waals surface area contributed by atoms with Gasteiger partial charge in [-0.3, -0.25) is 5.32 Å². The third-order valence-corrected chi connectivity index (χ3v) is 3.83. The molecule has 1 amide bonds. The monoisotopic (exact) mass is 320 g/mol. The summed E-state index contributed by atoms with van der Waals surface area (Å²) in [6.45, 7) is 5.18. The third-order valence-electron chi connectivity index (χ3n) is 3.83. The van der Waals surface area contributed by atoms with Gasteiger partial charge in [0.1, 0.15) is 11.4 Å². The van der Waals surface area contributed by atoms with Gasteiger partial charge in [0.05, 0.1) is 11.2 Å². The average Bonchev–Trinajstić information content (AvgIpc) is 2.89. The van der Waals surface area contributed by atoms with Crippen molar-refractivity contribution in [1.29, 1.82) is 0 Å². The van der Waals surface area contributed by atoms with Gasteiger partial charge in [-0.1, -0.05) is 18.9 Å². The van der Waals surface area contributed by atoms with Crippen molar-refractivity contribution in [3.8, 4) is 0 Å². The Morgan fingerprint density at radius 2 is 2.00 bits per heavy atom. The second-order valence-corrected chi connectivity index (χ2v) is 6.76. The zero-order chi connectivity index (χ0) is 17.1. The van der Waals surface area contributed by atoms with Crippen LogP contribution >= 0.6 is 0 Å². The first kappa shape index (κ1) is 17.2. The molecule has 1 aromatic carbocycles. The molecule has 1 N–H and O–H groups in total. The van der Waals surface area contributed by atoms with Crippen LogP contribution in [0.15, 0.2) is 23.2 Å². The standard InChI is InChI=1S/C17H21FN2O3/c1-16(2,3)23-15(22)20-14-10-12(6-7-13(14)18)17(19-11-21)8-4-5-9-17/h6-7,10H,4-5,8-9H2,1-3H3,(H,20,22). The van der Waals surface area contributed by atoms with Crippen LogP contribution in [0.25, 0.3) is 0 Å². The summed E-state index contributed by atoms with van der Waals surface area (Å²) in [5.74, 6) is -0.567. The number of benzene rings is 1. The molecule has 2 rings (SSSR count). The number of rotatable bonds is 3. The molecule has 0 radical (unpaired) electrons. The summed E-state index contributed by atoms with van der Waals surface area (Å²) >= 11 is 0. The van der Waals surface area contributed by atoms with Gasteiger partial charge in [-0.25, -0.2) is 14.0 Å². The molecule has 0 unspecified atom stereocenters. The highest BCUT2D eigenvalue weighted by Crippen LogP contribution is 2.43. The van der Waals surface area contributed by atoms with E-state index in [-0.39, 0.29) is 5.69 Å². The number of carbonyl (C=O) groups is 1. The molecule has 1 saturated carbocycles. The van der Waals surface area contributed by atoms with Gasteiger partial charge in [-0.15, -0.1) is 0 Å². The maximum atomic E-state index is 14.0. The smallest absolute Gasteiger partial charge is 0.412 e. The molecule has 1 aliphatic carbocycles. The fourth-order valence-electron chi connectivity index (χ4n) is 2.84. The molecule has 5 nitrogen and oxygen atoms in total. The number of nitrogens with zero attached hydrogens (tertiary/aromatic N) is 1. The molecule has 0 aromatic heterocycles. The Hall–Kier alpha value is -2.20. The lowest BCUT2D eigenvalue weighted by atomic mass is 9.88. The number of hydrogen-bond acceptors (Lipinski definition) is 4. The lowest BCUT2D eigenvalue weighted by Gasteiger charge is -2.24. The van der Waals surface area contributed by atoms with Crippen LogP contribution in [0.4, 0.5) is 14.9 Å². The van der Waals surface area contributed by atoms with Crippen molar-refractivity contribution in [3.05, 3.63) is 29.6 Å². The maximum absolute atomic E-state index is 14.0. The van der Waals surface area contributed by atoms with E-state index in [0.29, 0.717) is 18.4 Å². The molecule has 1 aromatic rings. The molecule has 0 bridgehead atoms. The van der Waals surface area contributed by atoms with E-state index in [1.54, 1.807) is 32.9 Å². The normalized spacial score (nSPS) is 16.5. The molecule has 0 saturated heterocycles. The van der Waals surface area contributed by atoms with Crippen LogP contribution < -0.4 is 5.32 Å². The van der Waals surface area contributed by atoms with Crippen LogP contribution in [0.3, 0.4) is 0 Å². The predicted octanol–water partition coefficient (Wildman–Crippen LogP) is 4.28. The van der Waals surface area contributed by atoms with E-state index in [9.17, 15) is 14.0 Å². The molecule has 0 atom stereocenters. The Labute approximate surface area is 134 Å². The summed E-state index contributed by atoms with van der Waals surface area (Å²) in [5, 5.41) is 2.41. The summed E-state index contributed by atoms with van der Waals surface area (Å²) in [7, 11) is 0. The minimum absolute atomic E-state index is 0.0177. The Balaban J connectivity index is 2.28. The number of amides is 1. The van der Waals surface area contributed by atoms with E-state index in [1.807, 2.05) is 0 Å². The second kappa shape index (κ2) is 6.50. The second-order valence-electron chi connectivity index (χ2n) is 6.76. The average molecular weight is 320 g/mol. The van der Waals surface area contributed by atoms with Gasteiger partial charge >= 0.3 is 6.09 Å². The summed E-state index contributed by atoms with van der Waals surface area (Å²) < 4.78 is 19.1. The van der Waals surface area contributed by atoms with Crippen molar-refractivity contribution in [1.82, 2.24) is 0 Å². The SMILES string of the molecule is CC(C)(C)OC(=O)Nc1cc(C2(N=C=O)CCCC2)ccc1F. The van der Waals surface area contributed by atoms with E-state index in [4.69, 9.17) is 4.74 Å². The van der Waals surface area contributed by atoms with Crippen LogP contribution in [-0.2, 0) is 15.1 Å². The summed E-state index contributed by atoms with van der Waals surface area (Å²) in [6, 6.07) is 4.38. The lowest BCUT2D eigenvalue weighted by molar-refractivity contribution is 0.0635. The van der Waals surface area contributed by atoms with Gasteiger partial charge in [-0.2, -0.15) is 4.99 Å².